The zero-order valence-electron chi connectivity index (χ0n) is 20.5. The number of aliphatic hydroxyl groups excluding tert-OH is 1. The van der Waals surface area contributed by atoms with Gasteiger partial charge in [-0.15, -0.1) is 0 Å². The van der Waals surface area contributed by atoms with Gasteiger partial charge in [0, 0.05) is 29.1 Å². The lowest BCUT2D eigenvalue weighted by Gasteiger charge is -2.18. The van der Waals surface area contributed by atoms with Crippen LogP contribution in [0.2, 0.25) is 0 Å². The molecule has 1 heterocycles. The maximum atomic E-state index is 9.78. The quantitative estimate of drug-likeness (QED) is 0.270. The highest BCUT2D eigenvalue weighted by molar-refractivity contribution is 5.97. The van der Waals surface area contributed by atoms with E-state index in [0.717, 1.165) is 58.7 Å². The van der Waals surface area contributed by atoms with E-state index in [4.69, 9.17) is 21.2 Å². The third kappa shape index (κ3) is 7.67. The van der Waals surface area contributed by atoms with Gasteiger partial charge in [-0.05, 0) is 68.0 Å². The minimum atomic E-state index is -0.702. The Morgan fingerprint density at radius 1 is 1.18 bits per heavy atom. The van der Waals surface area contributed by atoms with Crippen LogP contribution in [0.25, 0.3) is 5.70 Å². The first kappa shape index (κ1) is 26.5. The molecule has 0 spiro atoms. The van der Waals surface area contributed by atoms with Crippen LogP contribution in [0.4, 0.5) is 0 Å². The fraction of sp³-hybridized carbons (Fsp3) is 0.462. The number of hydrogen-bond donors (Lipinski definition) is 3. The van der Waals surface area contributed by atoms with E-state index in [2.05, 4.69) is 37.3 Å². The van der Waals surface area contributed by atoms with Crippen LogP contribution in [0, 0.1) is 19.8 Å². The number of aryl methyl sites for hydroxylation is 3. The monoisotopic (exact) mass is 454 g/mol. The molecule has 0 bridgehead atoms. The van der Waals surface area contributed by atoms with Crippen molar-refractivity contribution < 1.29 is 14.7 Å². The molecule has 1 aromatic carbocycles. The largest absolute Gasteiger partial charge is 0.490 e. The third-order valence-corrected chi connectivity index (χ3v) is 5.12. The van der Waals surface area contributed by atoms with Gasteiger partial charge in [0.25, 0.3) is 0 Å². The normalized spacial score (nSPS) is 12.7. The average Bonchev–Trinajstić information content (AvgIpc) is 2.75. The molecule has 0 saturated carbocycles. The highest BCUT2D eigenvalue weighted by atomic mass is 16.6. The third-order valence-electron chi connectivity index (χ3n) is 5.12. The number of aromatic nitrogens is 1. The Morgan fingerprint density at radius 2 is 1.91 bits per heavy atom. The lowest BCUT2D eigenvalue weighted by molar-refractivity contribution is 0.113. The molecule has 0 saturated heterocycles. The van der Waals surface area contributed by atoms with Gasteiger partial charge in [0.05, 0.1) is 5.70 Å². The van der Waals surface area contributed by atoms with Crippen LogP contribution in [0.1, 0.15) is 60.8 Å². The summed E-state index contributed by atoms with van der Waals surface area (Å²) >= 11 is 0. The number of ether oxygens (including phenoxy) is 1. The van der Waals surface area contributed by atoms with Gasteiger partial charge in [-0.3, -0.25) is 4.98 Å². The molecule has 2 rings (SSSR count). The molecule has 180 valence electrons. The second kappa shape index (κ2) is 12.5. The summed E-state index contributed by atoms with van der Waals surface area (Å²) in [5.74, 6) is 7.13. The molecule has 2 aromatic rings. The fourth-order valence-electron chi connectivity index (χ4n) is 3.65. The minimum Gasteiger partial charge on any atom is -0.490 e. The number of aliphatic imine (C=N–C) groups is 1. The summed E-state index contributed by atoms with van der Waals surface area (Å²) in [6.45, 7) is 14.8. The van der Waals surface area contributed by atoms with Crippen molar-refractivity contribution in [3.8, 4) is 5.75 Å². The SMILES string of the molecule is C=C(/N=C(\ON)c1cc(C)nc(CC(C)C)c1)c1cc(C)c(OC[C@@H](O)CN)c(CCC)c1. The second-order valence-corrected chi connectivity index (χ2v) is 8.80. The molecule has 0 amide bonds. The first-order valence-electron chi connectivity index (χ1n) is 11.5. The summed E-state index contributed by atoms with van der Waals surface area (Å²) in [5, 5.41) is 9.78. The van der Waals surface area contributed by atoms with Crippen molar-refractivity contribution in [3.63, 3.8) is 0 Å². The van der Waals surface area contributed by atoms with Crippen molar-refractivity contribution >= 4 is 11.6 Å². The number of nitrogens with zero attached hydrogens (tertiary/aromatic N) is 2. The van der Waals surface area contributed by atoms with Crippen LogP contribution < -0.4 is 16.4 Å². The highest BCUT2D eigenvalue weighted by Gasteiger charge is 2.15. The lowest BCUT2D eigenvalue weighted by atomic mass is 10.00. The summed E-state index contributed by atoms with van der Waals surface area (Å²) in [7, 11) is 0. The molecule has 0 aliphatic heterocycles. The van der Waals surface area contributed by atoms with Gasteiger partial charge >= 0.3 is 0 Å². The maximum absolute atomic E-state index is 9.78. The molecule has 7 nitrogen and oxygen atoms in total. The standard InChI is InChI=1S/C26H38N4O3/c1-7-8-20-12-21(10-17(4)25(20)32-15-24(31)14-27)19(6)30-26(33-28)22-11-18(5)29-23(13-22)9-16(2)3/h10-13,16,24,31H,6-9,14-15,27-28H2,1-5H3/b30-26-/t24-/m0/s1. The molecular weight excluding hydrogens is 416 g/mol. The van der Waals surface area contributed by atoms with Crippen LogP contribution in [-0.4, -0.2) is 35.2 Å². The van der Waals surface area contributed by atoms with E-state index < -0.39 is 6.10 Å². The Balaban J connectivity index is 2.39. The number of nitrogens with two attached hydrogens (primary N) is 2. The van der Waals surface area contributed by atoms with Crippen molar-refractivity contribution in [2.24, 2.45) is 22.5 Å². The van der Waals surface area contributed by atoms with Crippen LogP contribution in [0.5, 0.6) is 5.75 Å². The molecule has 33 heavy (non-hydrogen) atoms. The van der Waals surface area contributed by atoms with Crippen LogP contribution >= 0.6 is 0 Å². The molecule has 0 radical (unpaired) electrons. The topological polar surface area (TPSA) is 116 Å². The lowest BCUT2D eigenvalue weighted by Crippen LogP contribution is -2.27. The zero-order chi connectivity index (χ0) is 24.5. The summed E-state index contributed by atoms with van der Waals surface area (Å²) in [4.78, 5) is 14.4. The molecule has 0 aliphatic carbocycles. The van der Waals surface area contributed by atoms with E-state index in [1.54, 1.807) is 0 Å². The fourth-order valence-corrected chi connectivity index (χ4v) is 3.65. The Hall–Kier alpha value is -2.74. The molecule has 5 N–H and O–H groups in total. The second-order valence-electron chi connectivity index (χ2n) is 8.80. The Labute approximate surface area is 197 Å². The van der Waals surface area contributed by atoms with E-state index in [9.17, 15) is 5.11 Å². The number of rotatable bonds is 11. The van der Waals surface area contributed by atoms with Crippen molar-refractivity contribution in [3.05, 3.63) is 64.5 Å². The Bertz CT molecular complexity index is 986. The number of benzene rings is 1. The van der Waals surface area contributed by atoms with E-state index in [-0.39, 0.29) is 19.0 Å². The maximum Gasteiger partial charge on any atom is 0.245 e. The van der Waals surface area contributed by atoms with E-state index in [0.29, 0.717) is 11.6 Å². The first-order valence-corrected chi connectivity index (χ1v) is 11.5. The van der Waals surface area contributed by atoms with Gasteiger partial charge in [-0.25, -0.2) is 4.99 Å². The van der Waals surface area contributed by atoms with Crippen LogP contribution in [-0.2, 0) is 17.7 Å². The highest BCUT2D eigenvalue weighted by Crippen LogP contribution is 2.30. The minimum absolute atomic E-state index is 0.151. The molecule has 1 aromatic heterocycles. The van der Waals surface area contributed by atoms with Crippen molar-refractivity contribution in [1.29, 1.82) is 0 Å². The van der Waals surface area contributed by atoms with Gasteiger partial charge in [-0.1, -0.05) is 33.8 Å². The molecular formula is C26H38N4O3. The van der Waals surface area contributed by atoms with E-state index in [1.165, 1.54) is 0 Å². The van der Waals surface area contributed by atoms with Crippen molar-refractivity contribution in [2.45, 2.75) is 60.0 Å². The van der Waals surface area contributed by atoms with E-state index in [1.807, 2.05) is 38.1 Å². The first-order chi connectivity index (χ1) is 15.7. The number of aliphatic hydroxyl groups is 1. The van der Waals surface area contributed by atoms with Crippen molar-refractivity contribution in [2.75, 3.05) is 13.2 Å². The molecule has 0 unspecified atom stereocenters. The van der Waals surface area contributed by atoms with E-state index >= 15 is 0 Å². The Morgan fingerprint density at radius 3 is 2.52 bits per heavy atom. The van der Waals surface area contributed by atoms with Gasteiger partial charge < -0.3 is 20.4 Å². The molecule has 0 aliphatic rings. The van der Waals surface area contributed by atoms with Gasteiger partial charge in [0.2, 0.25) is 5.90 Å². The predicted octanol–water partition coefficient (Wildman–Crippen LogP) is 3.86. The summed E-state index contributed by atoms with van der Waals surface area (Å²) in [5.41, 5.74) is 11.5. The summed E-state index contributed by atoms with van der Waals surface area (Å²) in [6, 6.07) is 7.84. The van der Waals surface area contributed by atoms with Gasteiger partial charge in [0.1, 0.15) is 18.5 Å². The molecule has 7 heteroatoms. The van der Waals surface area contributed by atoms with Crippen molar-refractivity contribution in [1.82, 2.24) is 4.98 Å². The smallest absolute Gasteiger partial charge is 0.245 e. The molecule has 1 atom stereocenters. The van der Waals surface area contributed by atoms with Gasteiger partial charge in [0.15, 0.2) is 0 Å². The average molecular weight is 455 g/mol. The Kier molecular flexibility index (Phi) is 10.0. The number of pyridine rings is 1. The van der Waals surface area contributed by atoms with Crippen LogP contribution in [0.3, 0.4) is 0 Å². The summed E-state index contributed by atoms with van der Waals surface area (Å²) < 4.78 is 5.89. The molecule has 0 fully saturated rings. The zero-order valence-corrected chi connectivity index (χ0v) is 20.5. The summed E-state index contributed by atoms with van der Waals surface area (Å²) in [6.07, 6.45) is 1.92. The predicted molar refractivity (Wildman–Crippen MR) is 134 cm³/mol. The van der Waals surface area contributed by atoms with Gasteiger partial charge in [-0.2, -0.15) is 5.90 Å². The number of hydrogen-bond acceptors (Lipinski definition) is 7. The van der Waals surface area contributed by atoms with Crippen LogP contribution in [0.15, 0.2) is 35.8 Å².